The summed E-state index contributed by atoms with van der Waals surface area (Å²) in [4.78, 5) is 26.9. The molecule has 0 aliphatic rings. The largest absolute Gasteiger partial charge is 0.484 e. The van der Waals surface area contributed by atoms with Gasteiger partial charge in [0.25, 0.3) is 5.91 Å². The monoisotopic (exact) mass is 428 g/mol. The number of amides is 2. The van der Waals surface area contributed by atoms with Crippen LogP contribution in [-0.4, -0.2) is 35.4 Å². The van der Waals surface area contributed by atoms with Gasteiger partial charge in [0.05, 0.1) is 0 Å². The maximum atomic E-state index is 14.2. The summed E-state index contributed by atoms with van der Waals surface area (Å²) >= 11 is 0. The first-order chi connectivity index (χ1) is 14.5. The standard InChI is InChI=1S/C25H33FN2O3/c1-17(2)27-24(30)18(3)28(15-19-9-7-8-10-22(19)26)23(29)16-31-21-13-11-20(12-14-21)25(4,5)6/h7-14,17-18H,15-16H2,1-6H3,(H,27,30)/t18-/m0/s1. The van der Waals surface area contributed by atoms with Crippen LogP contribution in [0.25, 0.3) is 0 Å². The van der Waals surface area contributed by atoms with Crippen LogP contribution in [0.3, 0.4) is 0 Å². The maximum Gasteiger partial charge on any atom is 0.261 e. The number of halogens is 1. The molecule has 6 heteroatoms. The molecule has 0 fully saturated rings. The lowest BCUT2D eigenvalue weighted by Crippen LogP contribution is -2.50. The van der Waals surface area contributed by atoms with Crippen molar-refractivity contribution < 1.29 is 18.7 Å². The fourth-order valence-electron chi connectivity index (χ4n) is 3.08. The van der Waals surface area contributed by atoms with Crippen LogP contribution in [0.2, 0.25) is 0 Å². The SMILES string of the molecule is CC(C)NC(=O)[C@H](C)N(Cc1ccccc1F)C(=O)COc1ccc(C(C)(C)C)cc1. The van der Waals surface area contributed by atoms with E-state index in [4.69, 9.17) is 4.74 Å². The average molecular weight is 429 g/mol. The van der Waals surface area contributed by atoms with E-state index in [1.165, 1.54) is 11.0 Å². The van der Waals surface area contributed by atoms with Crippen molar-refractivity contribution in [2.24, 2.45) is 0 Å². The Labute approximate surface area is 184 Å². The second-order valence-electron chi connectivity index (χ2n) is 9.02. The third-order valence-electron chi connectivity index (χ3n) is 4.98. The predicted octanol–water partition coefficient (Wildman–Crippen LogP) is 4.44. The topological polar surface area (TPSA) is 58.6 Å². The van der Waals surface area contributed by atoms with Crippen molar-refractivity contribution in [2.45, 2.75) is 65.6 Å². The van der Waals surface area contributed by atoms with E-state index in [1.807, 2.05) is 38.1 Å². The number of carbonyl (C=O) groups excluding carboxylic acids is 2. The molecule has 2 amide bonds. The molecule has 0 aromatic heterocycles. The fraction of sp³-hybridized carbons (Fsp3) is 0.440. The molecule has 0 radical (unpaired) electrons. The molecule has 2 rings (SSSR count). The molecule has 5 nitrogen and oxygen atoms in total. The van der Waals surface area contributed by atoms with E-state index in [9.17, 15) is 14.0 Å². The van der Waals surface area contributed by atoms with Gasteiger partial charge >= 0.3 is 0 Å². The van der Waals surface area contributed by atoms with Gasteiger partial charge < -0.3 is 15.0 Å². The Balaban J connectivity index is 2.15. The van der Waals surface area contributed by atoms with E-state index in [0.29, 0.717) is 11.3 Å². The van der Waals surface area contributed by atoms with Crippen LogP contribution in [-0.2, 0) is 21.5 Å². The molecule has 0 aliphatic carbocycles. The third-order valence-corrected chi connectivity index (χ3v) is 4.98. The molecular weight excluding hydrogens is 395 g/mol. The molecule has 2 aromatic rings. The summed E-state index contributed by atoms with van der Waals surface area (Å²) in [6, 6.07) is 13.0. The van der Waals surface area contributed by atoms with Crippen LogP contribution >= 0.6 is 0 Å². The highest BCUT2D eigenvalue weighted by atomic mass is 19.1. The molecule has 0 spiro atoms. The lowest BCUT2D eigenvalue weighted by molar-refractivity contribution is -0.142. The Morgan fingerprint density at radius 1 is 1.03 bits per heavy atom. The van der Waals surface area contributed by atoms with Gasteiger partial charge in [0.1, 0.15) is 17.6 Å². The molecule has 0 saturated carbocycles. The van der Waals surface area contributed by atoms with Gasteiger partial charge in [0.2, 0.25) is 5.91 Å². The van der Waals surface area contributed by atoms with Crippen molar-refractivity contribution in [3.63, 3.8) is 0 Å². The Morgan fingerprint density at radius 2 is 1.65 bits per heavy atom. The molecule has 0 saturated heterocycles. The Bertz CT molecular complexity index is 888. The van der Waals surface area contributed by atoms with Crippen molar-refractivity contribution in [3.8, 4) is 5.75 Å². The Morgan fingerprint density at radius 3 is 2.19 bits per heavy atom. The molecule has 1 N–H and O–H groups in total. The Kier molecular flexibility index (Phi) is 8.20. The lowest BCUT2D eigenvalue weighted by atomic mass is 9.87. The van der Waals surface area contributed by atoms with Crippen LogP contribution in [0.15, 0.2) is 48.5 Å². The average Bonchev–Trinajstić information content (AvgIpc) is 2.70. The second-order valence-corrected chi connectivity index (χ2v) is 9.02. The van der Waals surface area contributed by atoms with Gasteiger partial charge in [-0.1, -0.05) is 51.1 Å². The number of nitrogens with zero attached hydrogens (tertiary/aromatic N) is 1. The van der Waals surface area contributed by atoms with Crippen molar-refractivity contribution in [1.82, 2.24) is 10.2 Å². The summed E-state index contributed by atoms with van der Waals surface area (Å²) in [7, 11) is 0. The van der Waals surface area contributed by atoms with Gasteiger partial charge in [-0.15, -0.1) is 0 Å². The zero-order valence-corrected chi connectivity index (χ0v) is 19.2. The molecule has 0 aliphatic heterocycles. The van der Waals surface area contributed by atoms with Crippen molar-refractivity contribution in [3.05, 3.63) is 65.5 Å². The first kappa shape index (κ1) is 24.4. The second kappa shape index (κ2) is 10.4. The Hall–Kier alpha value is -2.89. The summed E-state index contributed by atoms with van der Waals surface area (Å²) in [5.74, 6) is -0.550. The summed E-state index contributed by atoms with van der Waals surface area (Å²) in [6.45, 7) is 11.4. The molecule has 0 bridgehead atoms. The molecule has 0 unspecified atom stereocenters. The number of nitrogens with one attached hydrogen (secondary N) is 1. The number of hydrogen-bond donors (Lipinski definition) is 1. The highest BCUT2D eigenvalue weighted by Gasteiger charge is 2.27. The molecule has 2 aromatic carbocycles. The van der Waals surface area contributed by atoms with Crippen LogP contribution in [0.4, 0.5) is 4.39 Å². The zero-order chi connectivity index (χ0) is 23.2. The zero-order valence-electron chi connectivity index (χ0n) is 19.2. The van der Waals surface area contributed by atoms with Crippen molar-refractivity contribution >= 4 is 11.8 Å². The fourth-order valence-corrected chi connectivity index (χ4v) is 3.08. The van der Waals surface area contributed by atoms with Crippen LogP contribution in [0.5, 0.6) is 5.75 Å². The summed E-state index contributed by atoms with van der Waals surface area (Å²) in [6.07, 6.45) is 0. The van der Waals surface area contributed by atoms with E-state index < -0.39 is 17.8 Å². The molecule has 0 heterocycles. The van der Waals surface area contributed by atoms with Crippen molar-refractivity contribution in [1.29, 1.82) is 0 Å². The van der Waals surface area contributed by atoms with Gasteiger partial charge in [0, 0.05) is 18.2 Å². The summed E-state index contributed by atoms with van der Waals surface area (Å²) in [5, 5.41) is 2.80. The third kappa shape index (κ3) is 7.09. The van der Waals surface area contributed by atoms with E-state index in [2.05, 4.69) is 26.1 Å². The van der Waals surface area contributed by atoms with Gasteiger partial charge in [-0.2, -0.15) is 0 Å². The van der Waals surface area contributed by atoms with Crippen molar-refractivity contribution in [2.75, 3.05) is 6.61 Å². The van der Waals surface area contributed by atoms with Crippen LogP contribution in [0, 0.1) is 5.82 Å². The van der Waals surface area contributed by atoms with E-state index in [1.54, 1.807) is 25.1 Å². The van der Waals surface area contributed by atoms with Crippen LogP contribution in [0.1, 0.15) is 52.7 Å². The summed E-state index contributed by atoms with van der Waals surface area (Å²) in [5.41, 5.74) is 1.52. The highest BCUT2D eigenvalue weighted by molar-refractivity contribution is 5.88. The van der Waals surface area contributed by atoms with E-state index >= 15 is 0 Å². The first-order valence-electron chi connectivity index (χ1n) is 10.6. The number of rotatable bonds is 8. The first-order valence-corrected chi connectivity index (χ1v) is 10.6. The number of hydrogen-bond acceptors (Lipinski definition) is 3. The quantitative estimate of drug-likeness (QED) is 0.676. The van der Waals surface area contributed by atoms with Gasteiger partial charge in [-0.3, -0.25) is 9.59 Å². The molecule has 168 valence electrons. The molecule has 31 heavy (non-hydrogen) atoms. The number of ether oxygens (including phenoxy) is 1. The molecule has 1 atom stereocenters. The van der Waals surface area contributed by atoms with Gasteiger partial charge in [-0.05, 0) is 49.9 Å². The van der Waals surface area contributed by atoms with Gasteiger partial charge in [-0.25, -0.2) is 4.39 Å². The van der Waals surface area contributed by atoms with E-state index in [0.717, 1.165) is 5.56 Å². The summed E-state index contributed by atoms with van der Waals surface area (Å²) < 4.78 is 19.9. The number of carbonyl (C=O) groups is 2. The molecular formula is C25H33FN2O3. The lowest BCUT2D eigenvalue weighted by Gasteiger charge is -2.29. The van der Waals surface area contributed by atoms with Crippen LogP contribution < -0.4 is 10.1 Å². The highest BCUT2D eigenvalue weighted by Crippen LogP contribution is 2.24. The minimum absolute atomic E-state index is 0.0180. The number of benzene rings is 2. The minimum atomic E-state index is -0.777. The van der Waals surface area contributed by atoms with E-state index in [-0.39, 0.29) is 30.5 Å². The minimum Gasteiger partial charge on any atom is -0.484 e. The normalized spacial score (nSPS) is 12.4. The maximum absolute atomic E-state index is 14.2. The smallest absolute Gasteiger partial charge is 0.261 e. The van der Waals surface area contributed by atoms with Gasteiger partial charge in [0.15, 0.2) is 6.61 Å². The predicted molar refractivity (Wildman–Crippen MR) is 120 cm³/mol.